The lowest BCUT2D eigenvalue weighted by molar-refractivity contribution is 0.0466. The molecule has 0 atom stereocenters. The molecule has 0 aliphatic carbocycles. The smallest absolute Gasteiger partial charge is 0.338 e. The number of halogens is 1. The van der Waals surface area contributed by atoms with Crippen molar-refractivity contribution in [3.63, 3.8) is 0 Å². The molecule has 1 aromatic carbocycles. The van der Waals surface area contributed by atoms with Gasteiger partial charge >= 0.3 is 5.97 Å². The fourth-order valence-corrected chi connectivity index (χ4v) is 1.71. The Morgan fingerprint density at radius 1 is 1.37 bits per heavy atom. The van der Waals surface area contributed by atoms with Gasteiger partial charge in [0.2, 0.25) is 0 Å². The van der Waals surface area contributed by atoms with Gasteiger partial charge in [0.25, 0.3) is 0 Å². The molecule has 0 aliphatic heterocycles. The van der Waals surface area contributed by atoms with Crippen molar-refractivity contribution in [2.24, 2.45) is 0 Å². The lowest BCUT2D eigenvalue weighted by Gasteiger charge is -2.17. The Kier molecular flexibility index (Phi) is 5.76. The van der Waals surface area contributed by atoms with Crippen molar-refractivity contribution < 1.29 is 13.9 Å². The van der Waals surface area contributed by atoms with Crippen LogP contribution in [0.1, 0.15) is 29.8 Å². The number of ether oxygens (including phenoxy) is 1. The molecule has 0 spiro atoms. The van der Waals surface area contributed by atoms with E-state index >= 15 is 0 Å². The van der Waals surface area contributed by atoms with E-state index in [1.807, 2.05) is 13.8 Å². The highest BCUT2D eigenvalue weighted by Crippen LogP contribution is 2.18. The maximum atomic E-state index is 13.5. The van der Waals surface area contributed by atoms with Crippen LogP contribution in [0.5, 0.6) is 0 Å². The molecule has 0 radical (unpaired) electrons. The van der Waals surface area contributed by atoms with E-state index in [0.717, 1.165) is 19.2 Å². The minimum Gasteiger partial charge on any atom is -0.461 e. The summed E-state index contributed by atoms with van der Waals surface area (Å²) in [7, 11) is 0. The highest BCUT2D eigenvalue weighted by molar-refractivity contribution is 5.90. The number of nitrogens with two attached hydrogens (primary N) is 1. The zero-order valence-electron chi connectivity index (χ0n) is 11.7. The molecule has 1 aromatic rings. The van der Waals surface area contributed by atoms with Crippen LogP contribution in [0.2, 0.25) is 0 Å². The minimum absolute atomic E-state index is 0.153. The Balaban J connectivity index is 2.59. The van der Waals surface area contributed by atoms with Gasteiger partial charge in [-0.1, -0.05) is 13.8 Å². The van der Waals surface area contributed by atoms with Gasteiger partial charge in [-0.2, -0.15) is 0 Å². The summed E-state index contributed by atoms with van der Waals surface area (Å²) in [4.78, 5) is 13.9. The summed E-state index contributed by atoms with van der Waals surface area (Å²) >= 11 is 0. The Morgan fingerprint density at radius 2 is 2.00 bits per heavy atom. The molecule has 2 N–H and O–H groups in total. The predicted octanol–water partition coefficient (Wildman–Crippen LogP) is 2.21. The summed E-state index contributed by atoms with van der Waals surface area (Å²) in [6, 6.07) is 2.60. The number of carbonyl (C=O) groups excluding carboxylic acids is 1. The Bertz CT molecular complexity index is 422. The summed E-state index contributed by atoms with van der Waals surface area (Å²) in [5, 5.41) is 0. The van der Waals surface area contributed by atoms with Crippen molar-refractivity contribution in [2.45, 2.75) is 20.8 Å². The average Bonchev–Trinajstić information content (AvgIpc) is 2.40. The first kappa shape index (κ1) is 15.4. The summed E-state index contributed by atoms with van der Waals surface area (Å²) in [5.74, 6) is -1.03. The number of benzene rings is 1. The molecule has 0 saturated heterocycles. The second-order valence-electron chi connectivity index (χ2n) is 4.34. The summed E-state index contributed by atoms with van der Waals surface area (Å²) in [6.45, 7) is 8.42. The molecule has 4 nitrogen and oxygen atoms in total. The SMILES string of the molecule is CCN(CC)CCOC(=O)c1cc(N)c(C)c(F)c1. The molecule has 0 fully saturated rings. The number of esters is 1. The van der Waals surface area contributed by atoms with E-state index in [0.29, 0.717) is 12.1 Å². The third-order valence-electron chi connectivity index (χ3n) is 3.16. The topological polar surface area (TPSA) is 55.6 Å². The maximum Gasteiger partial charge on any atom is 0.338 e. The fraction of sp³-hybridized carbons (Fsp3) is 0.500. The van der Waals surface area contributed by atoms with Gasteiger partial charge in [-0.15, -0.1) is 0 Å². The van der Waals surface area contributed by atoms with Crippen LogP contribution < -0.4 is 5.73 Å². The maximum absolute atomic E-state index is 13.5. The van der Waals surface area contributed by atoms with Crippen LogP contribution in [0.25, 0.3) is 0 Å². The summed E-state index contributed by atoms with van der Waals surface area (Å²) in [6.07, 6.45) is 0. The molecule has 19 heavy (non-hydrogen) atoms. The molecular weight excluding hydrogens is 247 g/mol. The molecule has 0 amide bonds. The number of hydrogen-bond acceptors (Lipinski definition) is 4. The van der Waals surface area contributed by atoms with Crippen molar-refractivity contribution in [1.29, 1.82) is 0 Å². The van der Waals surface area contributed by atoms with E-state index < -0.39 is 11.8 Å². The van der Waals surface area contributed by atoms with Gasteiger partial charge in [0.1, 0.15) is 12.4 Å². The number of anilines is 1. The molecule has 5 heteroatoms. The van der Waals surface area contributed by atoms with Crippen LogP contribution in [0.15, 0.2) is 12.1 Å². The molecule has 0 heterocycles. The third kappa shape index (κ3) is 4.21. The number of hydrogen-bond donors (Lipinski definition) is 1. The fourth-order valence-electron chi connectivity index (χ4n) is 1.71. The largest absolute Gasteiger partial charge is 0.461 e. The highest BCUT2D eigenvalue weighted by atomic mass is 19.1. The van der Waals surface area contributed by atoms with Crippen LogP contribution in [0.4, 0.5) is 10.1 Å². The lowest BCUT2D eigenvalue weighted by Crippen LogP contribution is -2.27. The summed E-state index contributed by atoms with van der Waals surface area (Å²) < 4.78 is 18.6. The van der Waals surface area contributed by atoms with Gasteiger partial charge in [-0.25, -0.2) is 9.18 Å². The van der Waals surface area contributed by atoms with Gasteiger partial charge in [-0.05, 0) is 32.1 Å². The molecule has 0 saturated carbocycles. The molecule has 106 valence electrons. The zero-order valence-corrected chi connectivity index (χ0v) is 11.7. The quantitative estimate of drug-likeness (QED) is 0.635. The Morgan fingerprint density at radius 3 is 2.53 bits per heavy atom. The van der Waals surface area contributed by atoms with Crippen LogP contribution in [-0.2, 0) is 4.74 Å². The van der Waals surface area contributed by atoms with E-state index in [1.165, 1.54) is 6.07 Å². The summed E-state index contributed by atoms with van der Waals surface area (Å²) in [5.41, 5.74) is 6.38. The first-order chi connectivity index (χ1) is 8.99. The molecule has 0 bridgehead atoms. The lowest BCUT2D eigenvalue weighted by atomic mass is 10.1. The van der Waals surface area contributed by atoms with Crippen LogP contribution in [0, 0.1) is 12.7 Å². The standard InChI is InChI=1S/C14H21FN2O2/c1-4-17(5-2)6-7-19-14(18)11-8-12(15)10(3)13(16)9-11/h8-9H,4-7,16H2,1-3H3. The first-order valence-electron chi connectivity index (χ1n) is 6.44. The molecule has 0 aliphatic rings. The van der Waals surface area contributed by atoms with E-state index in [2.05, 4.69) is 4.90 Å². The molecule has 0 unspecified atom stereocenters. The van der Waals surface area contributed by atoms with Gasteiger partial charge in [0.15, 0.2) is 0 Å². The van der Waals surface area contributed by atoms with Crippen LogP contribution in [-0.4, -0.2) is 37.1 Å². The van der Waals surface area contributed by atoms with Gasteiger partial charge in [0.05, 0.1) is 5.56 Å². The second-order valence-corrected chi connectivity index (χ2v) is 4.34. The van der Waals surface area contributed by atoms with E-state index in [1.54, 1.807) is 6.92 Å². The normalized spacial score (nSPS) is 10.8. The van der Waals surface area contributed by atoms with E-state index in [4.69, 9.17) is 10.5 Å². The Labute approximate surface area is 113 Å². The number of nitrogen functional groups attached to an aromatic ring is 1. The first-order valence-corrected chi connectivity index (χ1v) is 6.44. The van der Waals surface area contributed by atoms with Crippen molar-refractivity contribution in [1.82, 2.24) is 4.90 Å². The van der Waals surface area contributed by atoms with Crippen molar-refractivity contribution in [3.05, 3.63) is 29.1 Å². The third-order valence-corrected chi connectivity index (χ3v) is 3.16. The molecule has 0 aromatic heterocycles. The molecular formula is C14H21FN2O2. The minimum atomic E-state index is -0.544. The Hall–Kier alpha value is -1.62. The highest BCUT2D eigenvalue weighted by Gasteiger charge is 2.12. The number of likely N-dealkylation sites (N-methyl/N-ethyl adjacent to an activating group) is 1. The average molecular weight is 268 g/mol. The monoisotopic (exact) mass is 268 g/mol. The molecule has 1 rings (SSSR count). The van der Waals surface area contributed by atoms with Crippen LogP contribution >= 0.6 is 0 Å². The van der Waals surface area contributed by atoms with Crippen molar-refractivity contribution >= 4 is 11.7 Å². The second kappa shape index (κ2) is 7.09. The number of carbonyl (C=O) groups is 1. The number of rotatable bonds is 6. The predicted molar refractivity (Wildman–Crippen MR) is 73.6 cm³/mol. The zero-order chi connectivity index (χ0) is 14.4. The van der Waals surface area contributed by atoms with E-state index in [-0.39, 0.29) is 17.9 Å². The van der Waals surface area contributed by atoms with Gasteiger partial charge in [-0.3, -0.25) is 0 Å². The van der Waals surface area contributed by atoms with Gasteiger partial charge < -0.3 is 15.4 Å². The van der Waals surface area contributed by atoms with Gasteiger partial charge in [0, 0.05) is 17.8 Å². The van der Waals surface area contributed by atoms with E-state index in [9.17, 15) is 9.18 Å². The van der Waals surface area contributed by atoms with Crippen molar-refractivity contribution in [3.8, 4) is 0 Å². The van der Waals surface area contributed by atoms with Crippen LogP contribution in [0.3, 0.4) is 0 Å². The van der Waals surface area contributed by atoms with Crippen molar-refractivity contribution in [2.75, 3.05) is 32.0 Å². The number of nitrogens with zero attached hydrogens (tertiary/aromatic N) is 1.